The van der Waals surface area contributed by atoms with E-state index in [0.717, 1.165) is 31.2 Å². The zero-order valence-electron chi connectivity index (χ0n) is 24.3. The quantitative estimate of drug-likeness (QED) is 0.429. The minimum absolute atomic E-state index is 0.0810. The van der Waals surface area contributed by atoms with Crippen molar-refractivity contribution in [2.75, 3.05) is 31.5 Å². The van der Waals surface area contributed by atoms with E-state index in [2.05, 4.69) is 10.0 Å². The Hall–Kier alpha value is -3.31. The van der Waals surface area contributed by atoms with Crippen LogP contribution in [-0.2, 0) is 10.0 Å². The van der Waals surface area contributed by atoms with Gasteiger partial charge in [-0.05, 0) is 51.0 Å². The van der Waals surface area contributed by atoms with Gasteiger partial charge in [-0.25, -0.2) is 13.2 Å². The van der Waals surface area contributed by atoms with Crippen LogP contribution in [0.3, 0.4) is 0 Å². The van der Waals surface area contributed by atoms with Crippen LogP contribution in [0.1, 0.15) is 61.9 Å². The van der Waals surface area contributed by atoms with Gasteiger partial charge in [0.05, 0.1) is 35.3 Å². The molecular formula is C30H42N4O6S. The molecule has 11 heteroatoms. The van der Waals surface area contributed by atoms with Crippen LogP contribution in [0.2, 0.25) is 0 Å². The van der Waals surface area contributed by atoms with Crippen molar-refractivity contribution in [3.8, 4) is 5.75 Å². The molecule has 0 bridgehead atoms. The number of anilines is 1. The first-order valence-corrected chi connectivity index (χ1v) is 15.8. The Morgan fingerprint density at radius 3 is 2.49 bits per heavy atom. The third kappa shape index (κ3) is 7.32. The Morgan fingerprint density at radius 2 is 1.83 bits per heavy atom. The standard InChI is InChI=1S/C30H42N4O6S/c1-20-13-15-24(16-14-20)41(38,39)32-26-12-8-11-25-28(26)40-27(21(2)17-34(29(25)36)22(3)19-35)18-33(4)30(37)31-23-9-6-5-7-10-23/h8,11-16,21-23,27,32,35H,5-7,9-10,17-19H2,1-4H3,(H,31,37)/t21-,22-,27-/m1/s1. The number of ether oxygens (including phenoxy) is 1. The number of carbonyl (C=O) groups is 2. The molecule has 1 aliphatic heterocycles. The topological polar surface area (TPSA) is 128 Å². The van der Waals surface area contributed by atoms with Gasteiger partial charge in [-0.3, -0.25) is 9.52 Å². The molecule has 0 radical (unpaired) electrons. The molecule has 2 aromatic carbocycles. The van der Waals surface area contributed by atoms with Crippen LogP contribution in [0, 0.1) is 12.8 Å². The van der Waals surface area contributed by atoms with Crippen molar-refractivity contribution in [3.63, 3.8) is 0 Å². The number of sulfonamides is 1. The summed E-state index contributed by atoms with van der Waals surface area (Å²) in [7, 11) is -2.28. The second kappa shape index (κ2) is 13.1. The van der Waals surface area contributed by atoms with Crippen molar-refractivity contribution in [3.05, 3.63) is 53.6 Å². The molecule has 224 valence electrons. The molecule has 1 heterocycles. The first-order chi connectivity index (χ1) is 19.5. The number of aliphatic hydroxyl groups is 1. The first-order valence-electron chi connectivity index (χ1n) is 14.3. The number of hydrogen-bond acceptors (Lipinski definition) is 6. The van der Waals surface area contributed by atoms with Crippen molar-refractivity contribution < 1.29 is 27.9 Å². The van der Waals surface area contributed by atoms with E-state index in [-0.39, 0.29) is 58.9 Å². The summed E-state index contributed by atoms with van der Waals surface area (Å²) in [6.07, 6.45) is 4.74. The Labute approximate surface area is 243 Å². The lowest BCUT2D eigenvalue weighted by molar-refractivity contribution is 0.0368. The van der Waals surface area contributed by atoms with Crippen molar-refractivity contribution in [1.82, 2.24) is 15.1 Å². The van der Waals surface area contributed by atoms with Gasteiger partial charge in [0, 0.05) is 25.6 Å². The zero-order chi connectivity index (χ0) is 29.7. The average Bonchev–Trinajstić information content (AvgIpc) is 2.95. The molecular weight excluding hydrogens is 544 g/mol. The van der Waals surface area contributed by atoms with Gasteiger partial charge < -0.3 is 25.0 Å². The highest BCUT2D eigenvalue weighted by Crippen LogP contribution is 2.36. The second-order valence-corrected chi connectivity index (χ2v) is 13.1. The van der Waals surface area contributed by atoms with Gasteiger partial charge in [-0.15, -0.1) is 0 Å². The van der Waals surface area contributed by atoms with Crippen LogP contribution in [0.25, 0.3) is 0 Å². The number of amides is 3. The third-order valence-corrected chi connectivity index (χ3v) is 9.38. The molecule has 0 spiro atoms. The van der Waals surface area contributed by atoms with E-state index in [9.17, 15) is 23.1 Å². The molecule has 3 N–H and O–H groups in total. The first kappa shape index (κ1) is 30.6. The molecule has 0 unspecified atom stereocenters. The second-order valence-electron chi connectivity index (χ2n) is 11.4. The number of hydrogen-bond donors (Lipinski definition) is 3. The fourth-order valence-electron chi connectivity index (χ4n) is 5.35. The summed E-state index contributed by atoms with van der Waals surface area (Å²) in [6, 6.07) is 10.7. The number of aryl methyl sites for hydroxylation is 1. The Bertz CT molecular complexity index is 1330. The predicted octanol–water partition coefficient (Wildman–Crippen LogP) is 3.99. The highest BCUT2D eigenvalue weighted by molar-refractivity contribution is 7.92. The van der Waals surface area contributed by atoms with Gasteiger partial charge in [0.25, 0.3) is 15.9 Å². The van der Waals surface area contributed by atoms with Gasteiger partial charge in [-0.2, -0.15) is 0 Å². The minimum Gasteiger partial charge on any atom is -0.485 e. The summed E-state index contributed by atoms with van der Waals surface area (Å²) in [5, 5.41) is 13.0. The largest absolute Gasteiger partial charge is 0.485 e. The summed E-state index contributed by atoms with van der Waals surface area (Å²) in [6.45, 7) is 5.83. The van der Waals surface area contributed by atoms with E-state index in [4.69, 9.17) is 4.74 Å². The van der Waals surface area contributed by atoms with E-state index in [1.54, 1.807) is 54.1 Å². The molecule has 2 aliphatic rings. The van der Waals surface area contributed by atoms with Gasteiger partial charge in [0.15, 0.2) is 5.75 Å². The maximum absolute atomic E-state index is 13.7. The highest BCUT2D eigenvalue weighted by Gasteiger charge is 2.35. The summed E-state index contributed by atoms with van der Waals surface area (Å²) < 4.78 is 35.7. The lowest BCUT2D eigenvalue weighted by atomic mass is 9.96. The molecule has 3 atom stereocenters. The van der Waals surface area contributed by atoms with Crippen molar-refractivity contribution in [2.24, 2.45) is 5.92 Å². The summed E-state index contributed by atoms with van der Waals surface area (Å²) in [5.74, 6) is -0.514. The summed E-state index contributed by atoms with van der Waals surface area (Å²) in [5.41, 5.74) is 1.23. The fourth-order valence-corrected chi connectivity index (χ4v) is 6.41. The van der Waals surface area contributed by atoms with E-state index in [1.165, 1.54) is 18.6 Å². The number of aliphatic hydroxyl groups excluding tert-OH is 1. The minimum atomic E-state index is -3.99. The van der Waals surface area contributed by atoms with Crippen LogP contribution >= 0.6 is 0 Å². The Kier molecular flexibility index (Phi) is 9.80. The average molecular weight is 587 g/mol. The van der Waals surface area contributed by atoms with E-state index in [1.807, 2.05) is 13.8 Å². The monoisotopic (exact) mass is 586 g/mol. The molecule has 10 nitrogen and oxygen atoms in total. The van der Waals surface area contributed by atoms with Crippen LogP contribution < -0.4 is 14.8 Å². The SMILES string of the molecule is Cc1ccc(S(=O)(=O)Nc2cccc3c2O[C@H](CN(C)C(=O)NC2CCCCC2)[C@H](C)CN([C@H](C)CO)C3=O)cc1. The van der Waals surface area contributed by atoms with E-state index in [0.29, 0.717) is 6.54 Å². The van der Waals surface area contributed by atoms with Gasteiger partial charge in [0.2, 0.25) is 0 Å². The number of carbonyl (C=O) groups excluding carboxylic acids is 2. The normalized spacial score (nSPS) is 20.7. The number of nitrogens with zero attached hydrogens (tertiary/aromatic N) is 2. The molecule has 1 aliphatic carbocycles. The lowest BCUT2D eigenvalue weighted by Gasteiger charge is -2.38. The summed E-state index contributed by atoms with van der Waals surface area (Å²) in [4.78, 5) is 30.0. The maximum Gasteiger partial charge on any atom is 0.317 e. The van der Waals surface area contributed by atoms with Crippen LogP contribution in [0.5, 0.6) is 5.75 Å². The van der Waals surface area contributed by atoms with Crippen molar-refractivity contribution in [2.45, 2.75) is 76.0 Å². The van der Waals surface area contributed by atoms with Gasteiger partial charge >= 0.3 is 6.03 Å². The third-order valence-electron chi connectivity index (χ3n) is 8.00. The summed E-state index contributed by atoms with van der Waals surface area (Å²) >= 11 is 0. The zero-order valence-corrected chi connectivity index (χ0v) is 25.1. The smallest absolute Gasteiger partial charge is 0.317 e. The number of para-hydroxylation sites is 1. The van der Waals surface area contributed by atoms with Crippen LogP contribution in [-0.4, -0.2) is 80.2 Å². The number of fused-ring (bicyclic) bond motifs is 1. The number of rotatable bonds is 8. The molecule has 0 aromatic heterocycles. The van der Waals surface area contributed by atoms with Crippen LogP contribution in [0.4, 0.5) is 10.5 Å². The van der Waals surface area contributed by atoms with Crippen LogP contribution in [0.15, 0.2) is 47.4 Å². The fraction of sp³-hybridized carbons (Fsp3) is 0.533. The highest BCUT2D eigenvalue weighted by atomic mass is 32.2. The van der Waals surface area contributed by atoms with E-state index < -0.39 is 22.2 Å². The van der Waals surface area contributed by atoms with Gasteiger partial charge in [0.1, 0.15) is 6.10 Å². The molecule has 1 fully saturated rings. The molecule has 2 aromatic rings. The lowest BCUT2D eigenvalue weighted by Crippen LogP contribution is -2.52. The molecule has 3 amide bonds. The number of benzene rings is 2. The van der Waals surface area contributed by atoms with E-state index >= 15 is 0 Å². The van der Waals surface area contributed by atoms with Crippen molar-refractivity contribution in [1.29, 1.82) is 0 Å². The molecule has 41 heavy (non-hydrogen) atoms. The maximum atomic E-state index is 13.7. The molecule has 4 rings (SSSR count). The predicted molar refractivity (Wildman–Crippen MR) is 158 cm³/mol. The molecule has 1 saturated carbocycles. The number of nitrogens with one attached hydrogen (secondary N) is 2. The van der Waals surface area contributed by atoms with Crippen molar-refractivity contribution >= 4 is 27.6 Å². The van der Waals surface area contributed by atoms with Gasteiger partial charge in [-0.1, -0.05) is 49.9 Å². The Morgan fingerprint density at radius 1 is 1.15 bits per heavy atom. The number of likely N-dealkylation sites (N-methyl/N-ethyl adjacent to an activating group) is 1. The molecule has 0 saturated heterocycles. The number of urea groups is 1. The Balaban J connectivity index is 1.66.